The molecule has 1 amide bonds. The Balaban J connectivity index is 2.03. The molecule has 0 unspecified atom stereocenters. The summed E-state index contributed by atoms with van der Waals surface area (Å²) in [6.45, 7) is 1.41. The molecule has 0 aromatic carbocycles. The maximum absolute atomic E-state index is 12.9. The molecule has 0 atom stereocenters. The van der Waals surface area contributed by atoms with Crippen molar-refractivity contribution >= 4 is 21.3 Å². The molecule has 2 aromatic heterocycles. The second kappa shape index (κ2) is 6.31. The van der Waals surface area contributed by atoms with Crippen LogP contribution in [0.1, 0.15) is 42.6 Å². The average molecular weight is 335 g/mol. The van der Waals surface area contributed by atoms with E-state index in [0.717, 1.165) is 31.9 Å². The standard InChI is InChI=1S/C16H21N3O3S/c1-23(21,22)16-17-14(13-9-5-8-12-19(13)16)15(20)18-10-6-3-2-4-7-11-18/h5,8-9,12H,2-4,6-7,10-11H2,1H3. The number of likely N-dealkylation sites (tertiary alicyclic amines) is 1. The Morgan fingerprint density at radius 2 is 1.74 bits per heavy atom. The number of fused-ring (bicyclic) bond motifs is 1. The highest BCUT2D eigenvalue weighted by atomic mass is 32.2. The topological polar surface area (TPSA) is 71.7 Å². The summed E-state index contributed by atoms with van der Waals surface area (Å²) in [7, 11) is -3.50. The van der Waals surface area contributed by atoms with E-state index in [2.05, 4.69) is 4.98 Å². The predicted molar refractivity (Wildman–Crippen MR) is 87.3 cm³/mol. The molecule has 0 spiro atoms. The van der Waals surface area contributed by atoms with Crippen LogP contribution in [0.3, 0.4) is 0 Å². The van der Waals surface area contributed by atoms with Gasteiger partial charge in [-0.15, -0.1) is 0 Å². The summed E-state index contributed by atoms with van der Waals surface area (Å²) in [5, 5.41) is -0.0801. The number of hydrogen-bond acceptors (Lipinski definition) is 4. The lowest BCUT2D eigenvalue weighted by molar-refractivity contribution is 0.0738. The lowest BCUT2D eigenvalue weighted by atomic mass is 10.1. The molecular weight excluding hydrogens is 314 g/mol. The first-order valence-electron chi connectivity index (χ1n) is 7.95. The lowest BCUT2D eigenvalue weighted by Crippen LogP contribution is -2.34. The molecular formula is C16H21N3O3S. The number of carbonyl (C=O) groups is 1. The van der Waals surface area contributed by atoms with E-state index in [4.69, 9.17) is 0 Å². The van der Waals surface area contributed by atoms with Crippen LogP contribution in [0, 0.1) is 0 Å². The van der Waals surface area contributed by atoms with Gasteiger partial charge in [0.15, 0.2) is 5.69 Å². The minimum Gasteiger partial charge on any atom is -0.337 e. The van der Waals surface area contributed by atoms with E-state index in [1.807, 2.05) is 0 Å². The van der Waals surface area contributed by atoms with Gasteiger partial charge in [0.2, 0.25) is 15.0 Å². The highest BCUT2D eigenvalue weighted by Gasteiger charge is 2.26. The van der Waals surface area contributed by atoms with Gasteiger partial charge in [-0.25, -0.2) is 13.4 Å². The first kappa shape index (κ1) is 16.0. The van der Waals surface area contributed by atoms with Crippen molar-refractivity contribution in [2.75, 3.05) is 19.3 Å². The zero-order chi connectivity index (χ0) is 16.4. The Hall–Kier alpha value is -1.89. The molecule has 6 nitrogen and oxygen atoms in total. The molecule has 0 N–H and O–H groups in total. The van der Waals surface area contributed by atoms with E-state index in [9.17, 15) is 13.2 Å². The van der Waals surface area contributed by atoms with E-state index in [1.165, 1.54) is 10.8 Å². The van der Waals surface area contributed by atoms with Crippen molar-refractivity contribution in [3.8, 4) is 0 Å². The molecule has 2 aromatic rings. The summed E-state index contributed by atoms with van der Waals surface area (Å²) in [5.41, 5.74) is 0.770. The summed E-state index contributed by atoms with van der Waals surface area (Å²) in [5.74, 6) is -0.175. The van der Waals surface area contributed by atoms with Crippen molar-refractivity contribution in [2.45, 2.75) is 37.3 Å². The van der Waals surface area contributed by atoms with Crippen LogP contribution < -0.4 is 0 Å². The molecule has 3 heterocycles. The van der Waals surface area contributed by atoms with E-state index in [1.54, 1.807) is 29.3 Å². The second-order valence-electron chi connectivity index (χ2n) is 6.03. The maximum Gasteiger partial charge on any atom is 0.274 e. The fourth-order valence-electron chi connectivity index (χ4n) is 3.03. The Bertz CT molecular complexity index is 818. The van der Waals surface area contributed by atoms with Crippen LogP contribution in [0.4, 0.5) is 0 Å². The first-order valence-corrected chi connectivity index (χ1v) is 9.84. The highest BCUT2D eigenvalue weighted by molar-refractivity contribution is 7.90. The number of hydrogen-bond donors (Lipinski definition) is 0. The molecule has 1 aliphatic heterocycles. The first-order chi connectivity index (χ1) is 11.0. The minimum atomic E-state index is -3.50. The Labute approximate surface area is 136 Å². The molecule has 0 aliphatic carbocycles. The third-order valence-corrected chi connectivity index (χ3v) is 5.14. The van der Waals surface area contributed by atoms with Crippen LogP contribution in [-0.4, -0.2) is 48.0 Å². The summed E-state index contributed by atoms with van der Waals surface area (Å²) in [6.07, 6.45) is 8.17. The number of rotatable bonds is 2. The van der Waals surface area contributed by atoms with E-state index < -0.39 is 9.84 Å². The number of amides is 1. The number of carbonyl (C=O) groups excluding carboxylic acids is 1. The summed E-state index contributed by atoms with van der Waals surface area (Å²) >= 11 is 0. The molecule has 3 rings (SSSR count). The van der Waals surface area contributed by atoms with Gasteiger partial charge in [0.1, 0.15) is 0 Å². The summed E-state index contributed by atoms with van der Waals surface area (Å²) < 4.78 is 25.4. The normalized spacial score (nSPS) is 17.0. The van der Waals surface area contributed by atoms with Crippen LogP contribution in [-0.2, 0) is 9.84 Å². The van der Waals surface area contributed by atoms with Crippen LogP contribution in [0.2, 0.25) is 0 Å². The van der Waals surface area contributed by atoms with Crippen molar-refractivity contribution < 1.29 is 13.2 Å². The van der Waals surface area contributed by atoms with Crippen LogP contribution in [0.25, 0.3) is 5.52 Å². The quantitative estimate of drug-likeness (QED) is 0.843. The van der Waals surface area contributed by atoms with Crippen molar-refractivity contribution in [1.29, 1.82) is 0 Å². The number of nitrogens with zero attached hydrogens (tertiary/aromatic N) is 3. The third-order valence-electron chi connectivity index (χ3n) is 4.19. The highest BCUT2D eigenvalue weighted by Crippen LogP contribution is 2.20. The molecule has 0 bridgehead atoms. The Morgan fingerprint density at radius 3 is 2.39 bits per heavy atom. The predicted octanol–water partition coefficient (Wildman–Crippen LogP) is 2.14. The van der Waals surface area contributed by atoms with E-state index in [0.29, 0.717) is 18.6 Å². The molecule has 0 radical (unpaired) electrons. The SMILES string of the molecule is CS(=O)(=O)c1nc(C(=O)N2CCCCCCC2)c2ccccn12. The van der Waals surface area contributed by atoms with Gasteiger partial charge in [-0.1, -0.05) is 25.3 Å². The number of imidazole rings is 1. The van der Waals surface area contributed by atoms with E-state index >= 15 is 0 Å². The molecule has 0 saturated carbocycles. The molecule has 23 heavy (non-hydrogen) atoms. The van der Waals surface area contributed by atoms with Gasteiger partial charge in [-0.3, -0.25) is 9.20 Å². The van der Waals surface area contributed by atoms with Crippen molar-refractivity contribution in [1.82, 2.24) is 14.3 Å². The van der Waals surface area contributed by atoms with Crippen molar-refractivity contribution in [3.63, 3.8) is 0 Å². The fourth-order valence-corrected chi connectivity index (χ4v) is 3.80. The van der Waals surface area contributed by atoms with Gasteiger partial charge in [0.25, 0.3) is 5.91 Å². The zero-order valence-corrected chi connectivity index (χ0v) is 14.1. The van der Waals surface area contributed by atoms with Gasteiger partial charge in [-0.2, -0.15) is 0 Å². The Morgan fingerprint density at radius 1 is 1.09 bits per heavy atom. The zero-order valence-electron chi connectivity index (χ0n) is 13.2. The second-order valence-corrected chi connectivity index (χ2v) is 7.94. The molecule has 124 valence electrons. The molecule has 1 saturated heterocycles. The van der Waals surface area contributed by atoms with Crippen molar-refractivity contribution in [3.05, 3.63) is 30.1 Å². The third kappa shape index (κ3) is 3.24. The molecule has 1 fully saturated rings. The van der Waals surface area contributed by atoms with Gasteiger partial charge in [-0.05, 0) is 25.0 Å². The van der Waals surface area contributed by atoms with Crippen LogP contribution in [0.5, 0.6) is 0 Å². The van der Waals surface area contributed by atoms with Crippen LogP contribution in [0.15, 0.2) is 29.6 Å². The summed E-state index contributed by atoms with van der Waals surface area (Å²) in [6, 6.07) is 5.25. The lowest BCUT2D eigenvalue weighted by Gasteiger charge is -2.24. The molecule has 7 heteroatoms. The van der Waals surface area contributed by atoms with Gasteiger partial charge >= 0.3 is 0 Å². The van der Waals surface area contributed by atoms with Gasteiger partial charge < -0.3 is 4.90 Å². The van der Waals surface area contributed by atoms with Crippen molar-refractivity contribution in [2.24, 2.45) is 0 Å². The fraction of sp³-hybridized carbons (Fsp3) is 0.500. The average Bonchev–Trinajstić information content (AvgIpc) is 2.86. The van der Waals surface area contributed by atoms with Gasteiger partial charge in [0, 0.05) is 25.5 Å². The number of pyridine rings is 1. The van der Waals surface area contributed by atoms with Crippen LogP contribution >= 0.6 is 0 Å². The maximum atomic E-state index is 12.9. The van der Waals surface area contributed by atoms with E-state index in [-0.39, 0.29) is 16.8 Å². The number of sulfone groups is 1. The summed E-state index contributed by atoms with van der Waals surface area (Å²) in [4.78, 5) is 18.9. The van der Waals surface area contributed by atoms with Gasteiger partial charge in [0.05, 0.1) is 5.52 Å². The largest absolute Gasteiger partial charge is 0.337 e. The molecule has 1 aliphatic rings. The Kier molecular flexibility index (Phi) is 4.39. The smallest absolute Gasteiger partial charge is 0.274 e. The monoisotopic (exact) mass is 335 g/mol. The minimum absolute atomic E-state index is 0.0801. The number of aromatic nitrogens is 2.